The number of anilines is 1. The molecular formula is C20H22ClF3N4O4. The van der Waals surface area contributed by atoms with Crippen LogP contribution in [0, 0.1) is 0 Å². The molecule has 1 amide bonds. The van der Waals surface area contributed by atoms with Crippen molar-refractivity contribution < 1.29 is 32.6 Å². The zero-order valence-corrected chi connectivity index (χ0v) is 18.1. The summed E-state index contributed by atoms with van der Waals surface area (Å²) < 4.78 is 47.1. The van der Waals surface area contributed by atoms with Crippen LogP contribution in [0.1, 0.15) is 30.3 Å². The van der Waals surface area contributed by atoms with Crippen molar-refractivity contribution >= 4 is 29.2 Å². The molecule has 1 aromatic carbocycles. The van der Waals surface area contributed by atoms with Crippen LogP contribution in [-0.4, -0.2) is 51.4 Å². The van der Waals surface area contributed by atoms with Gasteiger partial charge in [-0.25, -0.2) is 0 Å². The summed E-state index contributed by atoms with van der Waals surface area (Å²) >= 11 is 5.94. The van der Waals surface area contributed by atoms with Crippen molar-refractivity contribution in [2.24, 2.45) is 0 Å². The number of hydrogen-bond donors (Lipinski definition) is 2. The Morgan fingerprint density at radius 1 is 1.38 bits per heavy atom. The van der Waals surface area contributed by atoms with E-state index in [1.54, 1.807) is 19.1 Å². The molecule has 2 N–H and O–H groups in total. The second-order valence-corrected chi connectivity index (χ2v) is 7.74. The Balaban J connectivity index is 1.88. The zero-order chi connectivity index (χ0) is 23.6. The fourth-order valence-corrected chi connectivity index (χ4v) is 4.00. The first-order valence-corrected chi connectivity index (χ1v) is 10.2. The molecule has 0 bridgehead atoms. The number of carbonyl (C=O) groups excluding carboxylic acids is 1. The van der Waals surface area contributed by atoms with Crippen LogP contribution in [0.3, 0.4) is 0 Å². The average molecular weight is 475 g/mol. The molecule has 32 heavy (non-hydrogen) atoms. The molecule has 3 rings (SSSR count). The third-order valence-corrected chi connectivity index (χ3v) is 5.51. The third kappa shape index (κ3) is 4.99. The van der Waals surface area contributed by atoms with E-state index in [2.05, 4.69) is 10.4 Å². The molecule has 0 saturated heterocycles. The van der Waals surface area contributed by atoms with Crippen molar-refractivity contribution in [1.29, 1.82) is 0 Å². The van der Waals surface area contributed by atoms with Crippen molar-refractivity contribution in [3.05, 3.63) is 40.2 Å². The van der Waals surface area contributed by atoms with Crippen molar-refractivity contribution in [1.82, 2.24) is 14.7 Å². The summed E-state index contributed by atoms with van der Waals surface area (Å²) in [6.07, 6.45) is -4.35. The van der Waals surface area contributed by atoms with Gasteiger partial charge >= 0.3 is 12.1 Å². The summed E-state index contributed by atoms with van der Waals surface area (Å²) in [5.41, 5.74) is -0.662. The normalized spacial score (nSPS) is 15.2. The predicted molar refractivity (Wildman–Crippen MR) is 110 cm³/mol. The quantitative estimate of drug-likeness (QED) is 0.638. The van der Waals surface area contributed by atoms with Gasteiger partial charge in [0.05, 0.1) is 12.8 Å². The molecule has 1 aliphatic rings. The van der Waals surface area contributed by atoms with Crippen LogP contribution in [-0.2, 0) is 35.3 Å². The Kier molecular flexibility index (Phi) is 6.99. The maximum atomic E-state index is 13.6. The molecule has 12 heteroatoms. The van der Waals surface area contributed by atoms with E-state index in [-0.39, 0.29) is 42.9 Å². The second kappa shape index (κ2) is 9.37. The molecule has 0 spiro atoms. The van der Waals surface area contributed by atoms with Gasteiger partial charge in [0.25, 0.3) is 0 Å². The SMILES string of the molecule is CCC(C(=O)O)N1CCc2c(c(C(F)(F)F)nn2CC(=O)Nc2cc(Cl)ccc2OC)C1. The van der Waals surface area contributed by atoms with Gasteiger partial charge in [0.1, 0.15) is 18.3 Å². The highest BCUT2D eigenvalue weighted by Gasteiger charge is 2.42. The summed E-state index contributed by atoms with van der Waals surface area (Å²) in [6.45, 7) is 1.24. The Morgan fingerprint density at radius 3 is 2.69 bits per heavy atom. The molecule has 1 aromatic heterocycles. The summed E-state index contributed by atoms with van der Waals surface area (Å²) in [5, 5.41) is 16.0. The minimum absolute atomic E-state index is 0.100. The van der Waals surface area contributed by atoms with E-state index in [4.69, 9.17) is 16.3 Å². The molecule has 174 valence electrons. The van der Waals surface area contributed by atoms with Gasteiger partial charge in [0, 0.05) is 35.8 Å². The summed E-state index contributed by atoms with van der Waals surface area (Å²) in [5.74, 6) is -1.35. The number of ether oxygens (including phenoxy) is 1. The molecular weight excluding hydrogens is 453 g/mol. The summed E-state index contributed by atoms with van der Waals surface area (Å²) in [7, 11) is 1.41. The van der Waals surface area contributed by atoms with E-state index in [0.717, 1.165) is 4.68 Å². The number of rotatable bonds is 7. The van der Waals surface area contributed by atoms with Crippen molar-refractivity contribution in [2.45, 2.75) is 45.1 Å². The van der Waals surface area contributed by atoms with Crippen molar-refractivity contribution in [3.8, 4) is 5.75 Å². The number of methoxy groups -OCH3 is 1. The molecule has 0 radical (unpaired) electrons. The standard InChI is InChI=1S/C20H22ClF3N4O4/c1-3-14(19(30)31)27-7-6-15-12(9-27)18(20(22,23)24)26-28(15)10-17(29)25-13-8-11(21)4-5-16(13)32-2/h4-5,8,14H,3,6-7,9-10H2,1-2H3,(H,25,29)(H,30,31). The van der Waals surface area contributed by atoms with Crippen LogP contribution in [0.4, 0.5) is 18.9 Å². The zero-order valence-electron chi connectivity index (χ0n) is 17.4. The van der Waals surface area contributed by atoms with E-state index in [9.17, 15) is 27.9 Å². The van der Waals surface area contributed by atoms with Gasteiger partial charge in [0.2, 0.25) is 5.91 Å². The highest BCUT2D eigenvalue weighted by molar-refractivity contribution is 6.31. The maximum absolute atomic E-state index is 13.6. The van der Waals surface area contributed by atoms with E-state index < -0.39 is 36.3 Å². The molecule has 0 fully saturated rings. The van der Waals surface area contributed by atoms with Gasteiger partial charge in [-0.15, -0.1) is 0 Å². The Bertz CT molecular complexity index is 1030. The smallest absolute Gasteiger partial charge is 0.435 e. The highest BCUT2D eigenvalue weighted by Crippen LogP contribution is 2.36. The van der Waals surface area contributed by atoms with Gasteiger partial charge in [-0.1, -0.05) is 18.5 Å². The first kappa shape index (κ1) is 23.9. The second-order valence-electron chi connectivity index (χ2n) is 7.30. The number of amides is 1. The number of benzene rings is 1. The minimum atomic E-state index is -4.74. The minimum Gasteiger partial charge on any atom is -0.495 e. The predicted octanol–water partition coefficient (Wildman–Crippen LogP) is 3.42. The van der Waals surface area contributed by atoms with Crippen LogP contribution in [0.15, 0.2) is 18.2 Å². The lowest BCUT2D eigenvalue weighted by atomic mass is 10.0. The highest BCUT2D eigenvalue weighted by atomic mass is 35.5. The van der Waals surface area contributed by atoms with Crippen LogP contribution in [0.25, 0.3) is 0 Å². The molecule has 2 heterocycles. The van der Waals surface area contributed by atoms with E-state index in [1.165, 1.54) is 18.1 Å². The number of hydrogen-bond acceptors (Lipinski definition) is 5. The number of aromatic nitrogens is 2. The topological polar surface area (TPSA) is 96.7 Å². The van der Waals surface area contributed by atoms with E-state index >= 15 is 0 Å². The number of nitrogens with one attached hydrogen (secondary N) is 1. The van der Waals surface area contributed by atoms with Crippen LogP contribution in [0.2, 0.25) is 5.02 Å². The lowest BCUT2D eigenvalue weighted by molar-refractivity contribution is -0.144. The summed E-state index contributed by atoms with van der Waals surface area (Å²) in [4.78, 5) is 25.5. The number of carbonyl (C=O) groups is 2. The molecule has 0 aliphatic carbocycles. The fourth-order valence-electron chi connectivity index (χ4n) is 3.83. The third-order valence-electron chi connectivity index (χ3n) is 5.27. The van der Waals surface area contributed by atoms with Gasteiger partial charge in [-0.05, 0) is 24.6 Å². The molecule has 1 unspecified atom stereocenters. The van der Waals surface area contributed by atoms with Crippen molar-refractivity contribution in [3.63, 3.8) is 0 Å². The number of carboxylic acid groups (broad SMARTS) is 1. The van der Waals surface area contributed by atoms with Gasteiger partial charge < -0.3 is 15.2 Å². The van der Waals surface area contributed by atoms with Gasteiger partial charge in [-0.3, -0.25) is 19.2 Å². The number of carboxylic acids is 1. The number of nitrogens with zero attached hydrogens (tertiary/aromatic N) is 3. The number of alkyl halides is 3. The Labute approximate surface area is 186 Å². The van der Waals surface area contributed by atoms with Gasteiger partial charge in [-0.2, -0.15) is 18.3 Å². The first-order valence-electron chi connectivity index (χ1n) is 9.81. The number of halogens is 4. The van der Waals surface area contributed by atoms with Crippen LogP contribution < -0.4 is 10.1 Å². The van der Waals surface area contributed by atoms with Gasteiger partial charge in [0.15, 0.2) is 5.69 Å². The summed E-state index contributed by atoms with van der Waals surface area (Å²) in [6, 6.07) is 3.69. The lowest BCUT2D eigenvalue weighted by Crippen LogP contribution is -2.44. The largest absolute Gasteiger partial charge is 0.495 e. The maximum Gasteiger partial charge on any atom is 0.435 e. The molecule has 0 saturated carbocycles. The molecule has 2 aromatic rings. The first-order chi connectivity index (χ1) is 15.0. The van der Waals surface area contributed by atoms with Crippen molar-refractivity contribution in [2.75, 3.05) is 19.0 Å². The molecule has 1 aliphatic heterocycles. The number of aliphatic carboxylic acids is 1. The number of fused-ring (bicyclic) bond motifs is 1. The molecule has 8 nitrogen and oxygen atoms in total. The van der Waals surface area contributed by atoms with Crippen LogP contribution in [0.5, 0.6) is 5.75 Å². The average Bonchev–Trinajstić information content (AvgIpc) is 3.06. The molecule has 1 atom stereocenters. The van der Waals surface area contributed by atoms with E-state index in [1.807, 2.05) is 0 Å². The monoisotopic (exact) mass is 474 g/mol. The van der Waals surface area contributed by atoms with Crippen LogP contribution >= 0.6 is 11.6 Å². The Hall–Kier alpha value is -2.79. The Morgan fingerprint density at radius 2 is 2.09 bits per heavy atom. The lowest BCUT2D eigenvalue weighted by Gasteiger charge is -2.32. The fraction of sp³-hybridized carbons (Fsp3) is 0.450. The van der Waals surface area contributed by atoms with E-state index in [0.29, 0.717) is 10.8 Å².